The maximum Gasteiger partial charge on any atom is 0.569 e. The first-order valence-corrected chi connectivity index (χ1v) is 15.0. The second-order valence-corrected chi connectivity index (χ2v) is 11.6. The number of aryl methyl sites for hydroxylation is 2. The van der Waals surface area contributed by atoms with Gasteiger partial charge in [0, 0.05) is 35.3 Å². The van der Waals surface area contributed by atoms with E-state index in [1.807, 2.05) is 41.5 Å². The summed E-state index contributed by atoms with van der Waals surface area (Å²) in [6.07, 6.45) is 4.95. The number of aromatic amines is 1. The summed E-state index contributed by atoms with van der Waals surface area (Å²) in [5, 5.41) is 16.5. The van der Waals surface area contributed by atoms with Crippen LogP contribution in [0.1, 0.15) is 51.2 Å². The molecule has 0 aromatic carbocycles. The Kier molecular flexibility index (Phi) is 10.7. The molecule has 1 aliphatic heterocycles. The van der Waals surface area contributed by atoms with Gasteiger partial charge in [0.2, 0.25) is 11.9 Å². The first-order valence-electron chi connectivity index (χ1n) is 14.2. The van der Waals surface area contributed by atoms with Gasteiger partial charge >= 0.3 is 7.69 Å². The van der Waals surface area contributed by atoms with Crippen LogP contribution in [0.15, 0.2) is 55.3 Å². The van der Waals surface area contributed by atoms with E-state index < -0.39 is 0 Å². The van der Waals surface area contributed by atoms with Crippen molar-refractivity contribution in [3.8, 4) is 11.3 Å². The molecule has 46 heavy (non-hydrogen) atoms. The lowest BCUT2D eigenvalue weighted by Crippen LogP contribution is -2.25. The highest BCUT2D eigenvalue weighted by molar-refractivity contribution is 9.10. The molecule has 17 heteroatoms. The highest BCUT2D eigenvalue weighted by Gasteiger charge is 2.17. The van der Waals surface area contributed by atoms with Gasteiger partial charge in [-0.1, -0.05) is 0 Å². The van der Waals surface area contributed by atoms with Gasteiger partial charge < -0.3 is 21.1 Å². The third-order valence-electron chi connectivity index (χ3n) is 6.80. The lowest BCUT2D eigenvalue weighted by molar-refractivity contribution is 0.367. The quantitative estimate of drug-likeness (QED) is 0.196. The molecule has 6 heterocycles. The first kappa shape index (κ1) is 34.0. The van der Waals surface area contributed by atoms with E-state index in [1.54, 1.807) is 45.8 Å². The number of allylic oxidation sites excluding steroid dienone is 1. The Morgan fingerprint density at radius 1 is 0.935 bits per heavy atom. The van der Waals surface area contributed by atoms with Gasteiger partial charge in [-0.15, -0.1) is 0 Å². The molecule has 0 bridgehead atoms. The predicted molar refractivity (Wildman–Crippen MR) is 182 cm³/mol. The Morgan fingerprint density at radius 2 is 1.50 bits per heavy atom. The molecule has 0 spiro atoms. The topological polar surface area (TPSA) is 218 Å². The van der Waals surface area contributed by atoms with Crippen LogP contribution in [-0.2, 0) is 4.65 Å². The zero-order valence-electron chi connectivity index (χ0n) is 26.2. The van der Waals surface area contributed by atoms with E-state index in [0.717, 1.165) is 22.2 Å². The average molecular weight is 691 g/mol. The third-order valence-corrected chi connectivity index (χ3v) is 7.36. The average Bonchev–Trinajstić information content (AvgIpc) is 3.70. The third kappa shape index (κ3) is 7.31. The van der Waals surface area contributed by atoms with Crippen molar-refractivity contribution < 1.29 is 9.68 Å². The highest BCUT2D eigenvalue weighted by atomic mass is 79.9. The lowest BCUT2D eigenvalue weighted by Gasteiger charge is -2.16. The molecule has 0 unspecified atom stereocenters. The summed E-state index contributed by atoms with van der Waals surface area (Å²) >= 11 is 3.27. The van der Waals surface area contributed by atoms with Crippen LogP contribution in [0.5, 0.6) is 0 Å². The molecule has 0 aliphatic carbocycles. The highest BCUT2D eigenvalue weighted by Crippen LogP contribution is 2.23. The number of nitrogen functional groups attached to an aromatic ring is 2. The zero-order valence-corrected chi connectivity index (χ0v) is 27.8. The standard InChI is InChI=1S/C14H16N6O.C11H13BrN4O.C4H5BNO2/c1-7(2)20-12-9(8(3)17-14(15)18-12)6-10(13(20)21)11-4-5-16-19-11;1-5(2)16-9-7(4-8(12)10(16)17)6(3)14-11(13)15-9;7-5-8-4-1-2-6-3-4/h4-7H,1-3H3,(H,16,19)(H2,15,17,18);4-5H,1-3H3,(H2,13,14,15);1-2,7H,3H2. The molecular weight excluding hydrogens is 657 g/mol. The Balaban J connectivity index is 0.000000172. The van der Waals surface area contributed by atoms with E-state index in [9.17, 15) is 9.59 Å². The van der Waals surface area contributed by atoms with Crippen molar-refractivity contribution in [3.63, 3.8) is 0 Å². The molecule has 0 atom stereocenters. The monoisotopic (exact) mass is 690 g/mol. The molecule has 15 nitrogen and oxygen atoms in total. The number of nitrogens with two attached hydrogens (primary N) is 2. The number of aromatic nitrogens is 8. The van der Waals surface area contributed by atoms with E-state index in [0.29, 0.717) is 47.0 Å². The largest absolute Gasteiger partial charge is 0.569 e. The van der Waals surface area contributed by atoms with Gasteiger partial charge in [0.05, 0.1) is 39.4 Å². The van der Waals surface area contributed by atoms with E-state index in [2.05, 4.69) is 55.7 Å². The van der Waals surface area contributed by atoms with Gasteiger partial charge in [-0.2, -0.15) is 15.1 Å². The number of rotatable bonds is 5. The first-order chi connectivity index (χ1) is 21.8. The maximum absolute atomic E-state index is 12.8. The van der Waals surface area contributed by atoms with Gasteiger partial charge in [-0.25, -0.2) is 9.97 Å². The molecule has 6 N–H and O–H groups in total. The lowest BCUT2D eigenvalue weighted by atomic mass is 10.1. The summed E-state index contributed by atoms with van der Waals surface area (Å²) in [6, 6.07) is 5.26. The van der Waals surface area contributed by atoms with Crippen LogP contribution in [0.4, 0.5) is 11.9 Å². The summed E-state index contributed by atoms with van der Waals surface area (Å²) in [6.45, 7) is 12.0. The van der Waals surface area contributed by atoms with Crippen molar-refractivity contribution in [2.24, 2.45) is 4.99 Å². The second-order valence-electron chi connectivity index (χ2n) is 10.7. The number of nitrogens with zero attached hydrogens (tertiary/aromatic N) is 8. The van der Waals surface area contributed by atoms with Crippen LogP contribution in [0.25, 0.3) is 33.3 Å². The number of aliphatic imine (C=N–C) groups is 1. The number of anilines is 2. The number of hydrogen-bond acceptors (Lipinski definition) is 12. The second kappa shape index (κ2) is 14.5. The van der Waals surface area contributed by atoms with Crippen molar-refractivity contribution in [1.82, 2.24) is 39.3 Å². The molecule has 0 fully saturated rings. The molecule has 5 aromatic rings. The van der Waals surface area contributed by atoms with Gasteiger partial charge in [0.25, 0.3) is 11.1 Å². The number of H-pyrrole nitrogens is 1. The number of hydrogen-bond donors (Lipinski definition) is 4. The molecule has 1 radical (unpaired) electrons. The fourth-order valence-electron chi connectivity index (χ4n) is 4.74. The summed E-state index contributed by atoms with van der Waals surface area (Å²) in [5.74, 6) is 1.03. The summed E-state index contributed by atoms with van der Waals surface area (Å²) in [7, 11) is 0.653. The molecule has 6 rings (SSSR count). The van der Waals surface area contributed by atoms with Gasteiger partial charge in [0.1, 0.15) is 11.3 Å². The fourth-order valence-corrected chi connectivity index (χ4v) is 5.16. The Bertz CT molecular complexity index is 2060. The SMILES string of the molecule is Cc1nc(N)nc2c1cc(-c1ccn[nH]1)c(=O)n2C(C)C.Cc1nc(N)nc2c1cc(Br)c(=O)n2C(C)C.O[B]OC1=CC=NC1. The minimum atomic E-state index is -0.126. The van der Waals surface area contributed by atoms with E-state index in [1.165, 1.54) is 0 Å². The number of pyridine rings is 2. The van der Waals surface area contributed by atoms with Gasteiger partial charge in [0.15, 0.2) is 0 Å². The molecule has 239 valence electrons. The maximum atomic E-state index is 12.8. The number of halogens is 1. The van der Waals surface area contributed by atoms with E-state index >= 15 is 0 Å². The van der Waals surface area contributed by atoms with Gasteiger partial charge in [-0.05, 0) is 81.7 Å². The normalized spacial score (nSPS) is 12.2. The van der Waals surface area contributed by atoms with Crippen LogP contribution in [0, 0.1) is 13.8 Å². The predicted octanol–water partition coefficient (Wildman–Crippen LogP) is 3.18. The number of fused-ring (bicyclic) bond motifs is 2. The van der Waals surface area contributed by atoms with Crippen LogP contribution in [0.3, 0.4) is 0 Å². The van der Waals surface area contributed by atoms with Crippen molar-refractivity contribution in [2.75, 3.05) is 18.0 Å². The smallest absolute Gasteiger partial charge is 0.539 e. The minimum Gasteiger partial charge on any atom is -0.539 e. The van der Waals surface area contributed by atoms with Crippen molar-refractivity contribution in [3.05, 3.63) is 72.8 Å². The van der Waals surface area contributed by atoms with Crippen LogP contribution < -0.4 is 22.6 Å². The summed E-state index contributed by atoms with van der Waals surface area (Å²) < 4.78 is 8.33. The van der Waals surface area contributed by atoms with Crippen molar-refractivity contribution in [1.29, 1.82) is 0 Å². The summed E-state index contributed by atoms with van der Waals surface area (Å²) in [5.41, 5.74) is 15.0. The van der Waals surface area contributed by atoms with Crippen molar-refractivity contribution >= 4 is 63.8 Å². The minimum absolute atomic E-state index is 0.0104. The molecule has 5 aromatic heterocycles. The van der Waals surface area contributed by atoms with Gasteiger partial charge in [-0.3, -0.25) is 28.8 Å². The molecular formula is C29H34BBrN11O4. The van der Waals surface area contributed by atoms with E-state index in [-0.39, 0.29) is 35.1 Å². The van der Waals surface area contributed by atoms with E-state index in [4.69, 9.17) is 16.5 Å². The molecule has 0 saturated heterocycles. The fraction of sp³-hybridized carbons (Fsp3) is 0.310. The molecule has 0 saturated carbocycles. The van der Waals surface area contributed by atoms with Crippen molar-refractivity contribution in [2.45, 2.75) is 53.6 Å². The molecule has 0 amide bonds. The molecule has 1 aliphatic rings. The summed E-state index contributed by atoms with van der Waals surface area (Å²) in [4.78, 5) is 45.3. The van der Waals surface area contributed by atoms with Crippen LogP contribution in [-0.4, -0.2) is 64.7 Å². The van der Waals surface area contributed by atoms with Crippen LogP contribution in [0.2, 0.25) is 0 Å². The Morgan fingerprint density at radius 3 is 1.98 bits per heavy atom. The number of nitrogens with one attached hydrogen (secondary N) is 1. The Hall–Kier alpha value is -4.90. The van der Waals surface area contributed by atoms with Crippen LogP contribution >= 0.6 is 15.9 Å². The Labute approximate surface area is 272 Å². The zero-order chi connectivity index (χ0) is 33.7.